The lowest BCUT2D eigenvalue weighted by molar-refractivity contribution is 0.100. The molecule has 2 nitrogen and oxygen atoms in total. The summed E-state index contributed by atoms with van der Waals surface area (Å²) in [7, 11) is 1.79. The van der Waals surface area contributed by atoms with Crippen molar-refractivity contribution in [3.63, 3.8) is 0 Å². The Labute approximate surface area is 116 Å². The number of thiophene rings is 1. The number of likely N-dealkylation sites (N-methyl/N-ethyl adjacent to an activating group) is 1. The number of ketones is 1. The molecule has 0 atom stereocenters. The third-order valence-electron chi connectivity index (χ3n) is 2.91. The molecule has 4 heteroatoms. The zero-order chi connectivity index (χ0) is 13.8. The fourth-order valence-electron chi connectivity index (χ4n) is 1.82. The van der Waals surface area contributed by atoms with Gasteiger partial charge in [-0.05, 0) is 36.8 Å². The van der Waals surface area contributed by atoms with Crippen LogP contribution in [-0.4, -0.2) is 19.4 Å². The van der Waals surface area contributed by atoms with E-state index in [1.54, 1.807) is 24.1 Å². The first kappa shape index (κ1) is 13.7. The van der Waals surface area contributed by atoms with Crippen LogP contribution in [0.15, 0.2) is 36.4 Å². The molecule has 100 valence electrons. The van der Waals surface area contributed by atoms with Gasteiger partial charge in [-0.15, -0.1) is 11.3 Å². The molecule has 19 heavy (non-hydrogen) atoms. The van der Waals surface area contributed by atoms with Crippen molar-refractivity contribution in [3.8, 4) is 0 Å². The van der Waals surface area contributed by atoms with E-state index in [2.05, 4.69) is 6.92 Å². The Kier molecular flexibility index (Phi) is 4.32. The van der Waals surface area contributed by atoms with E-state index in [0.717, 1.165) is 11.3 Å². The van der Waals surface area contributed by atoms with Crippen molar-refractivity contribution in [1.82, 2.24) is 0 Å². The highest BCUT2D eigenvalue weighted by Gasteiger charge is 2.12. The molecule has 0 spiro atoms. The Morgan fingerprint density at radius 2 is 2.11 bits per heavy atom. The van der Waals surface area contributed by atoms with Crippen LogP contribution in [0.25, 0.3) is 0 Å². The summed E-state index contributed by atoms with van der Waals surface area (Å²) in [5, 5.41) is 0. The van der Waals surface area contributed by atoms with Gasteiger partial charge < -0.3 is 4.90 Å². The molecule has 0 aliphatic heterocycles. The van der Waals surface area contributed by atoms with Gasteiger partial charge in [0.05, 0.1) is 11.4 Å². The Bertz CT molecular complexity index is 579. The molecule has 2 rings (SSSR count). The summed E-state index contributed by atoms with van der Waals surface area (Å²) in [5.41, 5.74) is 0.709. The molecule has 0 saturated carbocycles. The largest absolute Gasteiger partial charge is 0.367 e. The van der Waals surface area contributed by atoms with E-state index in [1.807, 2.05) is 12.1 Å². The number of nitrogens with zero attached hydrogens (tertiary/aromatic N) is 1. The minimum absolute atomic E-state index is 0.0662. The average molecular weight is 277 g/mol. The average Bonchev–Trinajstić information content (AvgIpc) is 2.87. The fraction of sp³-hybridized carbons (Fsp3) is 0.267. The number of halogens is 1. The zero-order valence-electron chi connectivity index (χ0n) is 11.0. The SMILES string of the molecule is CCc1ccc(C(=O)CN(C)c2cccc(F)c2)s1. The fourth-order valence-corrected chi connectivity index (χ4v) is 2.69. The van der Waals surface area contributed by atoms with Crippen LogP contribution >= 0.6 is 11.3 Å². The maximum Gasteiger partial charge on any atom is 0.191 e. The molecule has 0 aliphatic rings. The molecular weight excluding hydrogens is 261 g/mol. The van der Waals surface area contributed by atoms with Crippen LogP contribution in [0, 0.1) is 5.82 Å². The summed E-state index contributed by atoms with van der Waals surface area (Å²) in [4.78, 5) is 15.8. The standard InChI is InChI=1S/C15H16FNOS/c1-3-13-7-8-15(19-13)14(18)10-17(2)12-6-4-5-11(16)9-12/h4-9H,3,10H2,1-2H3. The molecule has 0 saturated heterocycles. The minimum atomic E-state index is -0.291. The smallest absolute Gasteiger partial charge is 0.191 e. The van der Waals surface area contributed by atoms with Crippen molar-refractivity contribution in [3.05, 3.63) is 52.0 Å². The molecule has 0 N–H and O–H groups in total. The van der Waals surface area contributed by atoms with Gasteiger partial charge in [-0.3, -0.25) is 4.79 Å². The molecular formula is C15H16FNOS. The van der Waals surface area contributed by atoms with Crippen LogP contribution in [0.5, 0.6) is 0 Å². The topological polar surface area (TPSA) is 20.3 Å². The van der Waals surface area contributed by atoms with E-state index < -0.39 is 0 Å². The molecule has 1 aromatic carbocycles. The summed E-state index contributed by atoms with van der Waals surface area (Å²) >= 11 is 1.53. The highest BCUT2D eigenvalue weighted by molar-refractivity contribution is 7.14. The van der Waals surface area contributed by atoms with Crippen LogP contribution in [0.3, 0.4) is 0 Å². The molecule has 1 heterocycles. The lowest BCUT2D eigenvalue weighted by Crippen LogP contribution is -2.25. The second kappa shape index (κ2) is 5.97. The predicted molar refractivity (Wildman–Crippen MR) is 77.7 cm³/mol. The number of Topliss-reactive ketones (excluding diaryl/α,β-unsaturated/α-hetero) is 1. The summed E-state index contributed by atoms with van der Waals surface area (Å²) < 4.78 is 13.1. The quantitative estimate of drug-likeness (QED) is 0.775. The third-order valence-corrected chi connectivity index (χ3v) is 4.19. The highest BCUT2D eigenvalue weighted by Crippen LogP contribution is 2.19. The number of carbonyl (C=O) groups excluding carboxylic acids is 1. The van der Waals surface area contributed by atoms with Gasteiger partial charge in [-0.25, -0.2) is 4.39 Å². The van der Waals surface area contributed by atoms with Crippen molar-refractivity contribution < 1.29 is 9.18 Å². The van der Waals surface area contributed by atoms with Gasteiger partial charge in [-0.1, -0.05) is 13.0 Å². The van der Waals surface area contributed by atoms with E-state index in [9.17, 15) is 9.18 Å². The van der Waals surface area contributed by atoms with Crippen LogP contribution < -0.4 is 4.90 Å². The normalized spacial score (nSPS) is 10.5. The molecule has 0 fully saturated rings. The van der Waals surface area contributed by atoms with E-state index in [1.165, 1.54) is 28.3 Å². The zero-order valence-corrected chi connectivity index (χ0v) is 11.8. The van der Waals surface area contributed by atoms with Crippen molar-refractivity contribution in [2.24, 2.45) is 0 Å². The first-order valence-electron chi connectivity index (χ1n) is 6.18. The van der Waals surface area contributed by atoms with Gasteiger partial charge in [0.25, 0.3) is 0 Å². The van der Waals surface area contributed by atoms with Crippen LogP contribution in [0.2, 0.25) is 0 Å². The van der Waals surface area contributed by atoms with Crippen molar-refractivity contribution >= 4 is 22.8 Å². The van der Waals surface area contributed by atoms with Gasteiger partial charge in [0, 0.05) is 17.6 Å². The number of rotatable bonds is 5. The molecule has 2 aromatic rings. The van der Waals surface area contributed by atoms with E-state index in [4.69, 9.17) is 0 Å². The lowest BCUT2D eigenvalue weighted by atomic mass is 10.2. The van der Waals surface area contributed by atoms with E-state index >= 15 is 0 Å². The second-order valence-corrected chi connectivity index (χ2v) is 5.55. The number of hydrogen-bond acceptors (Lipinski definition) is 3. The van der Waals surface area contributed by atoms with Crippen molar-refractivity contribution in [2.45, 2.75) is 13.3 Å². The highest BCUT2D eigenvalue weighted by atomic mass is 32.1. The summed E-state index contributed by atoms with van der Waals surface area (Å²) in [6.07, 6.45) is 0.942. The van der Waals surface area contributed by atoms with Gasteiger partial charge in [0.15, 0.2) is 5.78 Å². The van der Waals surface area contributed by atoms with E-state index in [0.29, 0.717) is 5.69 Å². The molecule has 0 unspecified atom stereocenters. The molecule has 0 radical (unpaired) electrons. The first-order chi connectivity index (χ1) is 9.10. The Morgan fingerprint density at radius 1 is 1.32 bits per heavy atom. The Hall–Kier alpha value is -1.68. The summed E-state index contributed by atoms with van der Waals surface area (Å²) in [6.45, 7) is 2.33. The number of aryl methyl sites for hydroxylation is 1. The summed E-state index contributed by atoms with van der Waals surface area (Å²) in [5.74, 6) is -0.224. The van der Waals surface area contributed by atoms with Gasteiger partial charge in [0.2, 0.25) is 0 Å². The maximum absolute atomic E-state index is 13.1. The van der Waals surface area contributed by atoms with Crippen LogP contribution in [0.4, 0.5) is 10.1 Å². The predicted octanol–water partition coefficient (Wildman–Crippen LogP) is 3.77. The number of benzene rings is 1. The van der Waals surface area contributed by atoms with Crippen molar-refractivity contribution in [2.75, 3.05) is 18.5 Å². The molecule has 1 aromatic heterocycles. The maximum atomic E-state index is 13.1. The lowest BCUT2D eigenvalue weighted by Gasteiger charge is -2.17. The van der Waals surface area contributed by atoms with E-state index in [-0.39, 0.29) is 18.1 Å². The third kappa shape index (κ3) is 3.41. The van der Waals surface area contributed by atoms with Crippen LogP contribution in [0.1, 0.15) is 21.5 Å². The number of anilines is 1. The summed E-state index contributed by atoms with van der Waals surface area (Å²) in [6, 6.07) is 10.1. The number of hydrogen-bond donors (Lipinski definition) is 0. The Balaban J connectivity index is 2.06. The Morgan fingerprint density at radius 3 is 2.74 bits per heavy atom. The van der Waals surface area contributed by atoms with Crippen molar-refractivity contribution in [1.29, 1.82) is 0 Å². The number of carbonyl (C=O) groups is 1. The second-order valence-electron chi connectivity index (χ2n) is 4.38. The minimum Gasteiger partial charge on any atom is -0.367 e. The van der Waals surface area contributed by atoms with Gasteiger partial charge >= 0.3 is 0 Å². The molecule has 0 bridgehead atoms. The van der Waals surface area contributed by atoms with Crippen LogP contribution in [-0.2, 0) is 6.42 Å². The van der Waals surface area contributed by atoms with Gasteiger partial charge in [-0.2, -0.15) is 0 Å². The van der Waals surface area contributed by atoms with Gasteiger partial charge in [0.1, 0.15) is 5.82 Å². The molecule has 0 amide bonds. The monoisotopic (exact) mass is 277 g/mol. The first-order valence-corrected chi connectivity index (χ1v) is 7.00. The molecule has 0 aliphatic carbocycles.